The molecule has 1 rings (SSSR count). The molecule has 0 aliphatic rings. The van der Waals surface area contributed by atoms with Crippen LogP contribution in [0.2, 0.25) is 0 Å². The summed E-state index contributed by atoms with van der Waals surface area (Å²) in [5, 5.41) is 8.62. The Morgan fingerprint density at radius 1 is 1.55 bits per heavy atom. The zero-order valence-corrected chi connectivity index (χ0v) is 7.98. The minimum absolute atomic E-state index is 0.446. The van der Waals surface area contributed by atoms with Gasteiger partial charge in [0.1, 0.15) is 6.07 Å². The van der Waals surface area contributed by atoms with Gasteiger partial charge in [0.15, 0.2) is 0 Å². The largest absolute Gasteiger partial charge is 0.192 e. The third-order valence-corrected chi connectivity index (χ3v) is 2.31. The first-order valence-electron chi connectivity index (χ1n) is 3.02. The fourth-order valence-corrected chi connectivity index (χ4v) is 1.24. The second kappa shape index (κ2) is 3.75. The SMILES string of the molecule is N#Cc1cc(CCl)ccc1Br. The van der Waals surface area contributed by atoms with Gasteiger partial charge < -0.3 is 0 Å². The maximum atomic E-state index is 8.62. The van der Waals surface area contributed by atoms with Crippen LogP contribution in [0, 0.1) is 11.3 Å². The van der Waals surface area contributed by atoms with Crippen molar-refractivity contribution in [3.8, 4) is 6.07 Å². The molecular weight excluding hydrogens is 225 g/mol. The van der Waals surface area contributed by atoms with Crippen molar-refractivity contribution < 1.29 is 0 Å². The maximum absolute atomic E-state index is 8.62. The van der Waals surface area contributed by atoms with Gasteiger partial charge in [-0.1, -0.05) is 6.07 Å². The summed E-state index contributed by atoms with van der Waals surface area (Å²) in [4.78, 5) is 0. The molecular formula is C8H5BrClN. The number of hydrogen-bond donors (Lipinski definition) is 0. The van der Waals surface area contributed by atoms with Crippen LogP contribution >= 0.6 is 27.5 Å². The summed E-state index contributed by atoms with van der Waals surface area (Å²) >= 11 is 8.84. The molecule has 0 fully saturated rings. The van der Waals surface area contributed by atoms with E-state index in [1.54, 1.807) is 6.07 Å². The molecule has 0 aromatic heterocycles. The highest BCUT2D eigenvalue weighted by Crippen LogP contribution is 2.17. The Hall–Kier alpha value is -0.520. The number of alkyl halides is 1. The van der Waals surface area contributed by atoms with E-state index in [-0.39, 0.29) is 0 Å². The highest BCUT2D eigenvalue weighted by molar-refractivity contribution is 9.10. The molecule has 0 saturated carbocycles. The van der Waals surface area contributed by atoms with Crippen LogP contribution in [0.25, 0.3) is 0 Å². The third-order valence-electron chi connectivity index (χ3n) is 1.31. The molecule has 0 aliphatic carbocycles. The van der Waals surface area contributed by atoms with Crippen molar-refractivity contribution in [3.05, 3.63) is 33.8 Å². The van der Waals surface area contributed by atoms with Gasteiger partial charge in [-0.3, -0.25) is 0 Å². The fourth-order valence-electron chi connectivity index (χ4n) is 0.741. The summed E-state index contributed by atoms with van der Waals surface area (Å²) in [6.07, 6.45) is 0. The normalized spacial score (nSPS) is 9.18. The number of nitrogens with zero attached hydrogens (tertiary/aromatic N) is 1. The molecule has 1 nitrogen and oxygen atoms in total. The summed E-state index contributed by atoms with van der Waals surface area (Å²) in [7, 11) is 0. The standard InChI is InChI=1S/C8H5BrClN/c9-8-2-1-6(4-10)3-7(8)5-11/h1-3H,4H2. The molecule has 0 spiro atoms. The Labute approximate surface area is 78.7 Å². The van der Waals surface area contributed by atoms with E-state index in [1.807, 2.05) is 12.1 Å². The molecule has 1 aromatic carbocycles. The van der Waals surface area contributed by atoms with Gasteiger partial charge in [-0.05, 0) is 33.6 Å². The van der Waals surface area contributed by atoms with E-state index in [9.17, 15) is 0 Å². The number of rotatable bonds is 1. The van der Waals surface area contributed by atoms with Crippen molar-refractivity contribution >= 4 is 27.5 Å². The van der Waals surface area contributed by atoms with Gasteiger partial charge >= 0.3 is 0 Å². The van der Waals surface area contributed by atoms with Crippen LogP contribution in [0.5, 0.6) is 0 Å². The zero-order valence-electron chi connectivity index (χ0n) is 5.64. The molecule has 0 N–H and O–H groups in total. The van der Waals surface area contributed by atoms with Crippen LogP contribution in [0.15, 0.2) is 22.7 Å². The topological polar surface area (TPSA) is 23.8 Å². The summed E-state index contributed by atoms with van der Waals surface area (Å²) < 4.78 is 0.814. The highest BCUT2D eigenvalue weighted by Gasteiger charge is 1.98. The molecule has 0 amide bonds. The van der Waals surface area contributed by atoms with Crippen molar-refractivity contribution in [1.29, 1.82) is 5.26 Å². The molecule has 0 bridgehead atoms. The molecule has 56 valence electrons. The maximum Gasteiger partial charge on any atom is 0.100 e. The van der Waals surface area contributed by atoms with Crippen molar-refractivity contribution in [2.24, 2.45) is 0 Å². The van der Waals surface area contributed by atoms with Crippen LogP contribution in [0.3, 0.4) is 0 Å². The van der Waals surface area contributed by atoms with E-state index < -0.39 is 0 Å². The van der Waals surface area contributed by atoms with E-state index >= 15 is 0 Å². The lowest BCUT2D eigenvalue weighted by Crippen LogP contribution is -1.81. The lowest BCUT2D eigenvalue weighted by Gasteiger charge is -1.97. The minimum atomic E-state index is 0.446. The zero-order chi connectivity index (χ0) is 8.27. The highest BCUT2D eigenvalue weighted by atomic mass is 79.9. The summed E-state index contributed by atoms with van der Waals surface area (Å²) in [6, 6.07) is 7.56. The van der Waals surface area contributed by atoms with E-state index in [4.69, 9.17) is 16.9 Å². The molecule has 0 saturated heterocycles. The molecule has 1 aromatic rings. The molecule has 11 heavy (non-hydrogen) atoms. The first kappa shape index (κ1) is 8.58. The Balaban J connectivity index is 3.15. The van der Waals surface area contributed by atoms with Gasteiger partial charge in [-0.15, -0.1) is 11.6 Å². The first-order valence-corrected chi connectivity index (χ1v) is 4.35. The average Bonchev–Trinajstić information content (AvgIpc) is 2.05. The predicted octanol–water partition coefficient (Wildman–Crippen LogP) is 3.06. The van der Waals surface area contributed by atoms with Crippen LogP contribution in [0.1, 0.15) is 11.1 Å². The molecule has 0 unspecified atom stereocenters. The number of nitriles is 1. The van der Waals surface area contributed by atoms with Crippen LogP contribution in [-0.4, -0.2) is 0 Å². The third kappa shape index (κ3) is 1.95. The predicted molar refractivity (Wildman–Crippen MR) is 48.4 cm³/mol. The molecule has 0 heterocycles. The molecule has 0 atom stereocenters. The van der Waals surface area contributed by atoms with Crippen LogP contribution in [-0.2, 0) is 5.88 Å². The molecule has 0 aliphatic heterocycles. The number of benzene rings is 1. The van der Waals surface area contributed by atoms with Crippen molar-refractivity contribution in [3.63, 3.8) is 0 Å². The van der Waals surface area contributed by atoms with E-state index in [0.29, 0.717) is 11.4 Å². The monoisotopic (exact) mass is 229 g/mol. The van der Waals surface area contributed by atoms with Gasteiger partial charge in [-0.2, -0.15) is 5.26 Å². The molecule has 3 heteroatoms. The van der Waals surface area contributed by atoms with Gasteiger partial charge in [-0.25, -0.2) is 0 Å². The van der Waals surface area contributed by atoms with E-state index in [1.165, 1.54) is 0 Å². The average molecular weight is 230 g/mol. The van der Waals surface area contributed by atoms with Gasteiger partial charge in [0.25, 0.3) is 0 Å². The fraction of sp³-hybridized carbons (Fsp3) is 0.125. The first-order chi connectivity index (χ1) is 5.27. The van der Waals surface area contributed by atoms with Gasteiger partial charge in [0.2, 0.25) is 0 Å². The van der Waals surface area contributed by atoms with Crippen molar-refractivity contribution in [2.45, 2.75) is 5.88 Å². The smallest absolute Gasteiger partial charge is 0.100 e. The van der Waals surface area contributed by atoms with Crippen molar-refractivity contribution in [1.82, 2.24) is 0 Å². The second-order valence-corrected chi connectivity index (χ2v) is 3.18. The Morgan fingerprint density at radius 3 is 2.82 bits per heavy atom. The number of hydrogen-bond acceptors (Lipinski definition) is 1. The summed E-state index contributed by atoms with van der Waals surface area (Å²) in [5.41, 5.74) is 1.59. The van der Waals surface area contributed by atoms with E-state index in [0.717, 1.165) is 10.0 Å². The summed E-state index contributed by atoms with van der Waals surface area (Å²) in [5.74, 6) is 0.446. The van der Waals surface area contributed by atoms with Gasteiger partial charge in [0, 0.05) is 10.4 Å². The minimum Gasteiger partial charge on any atom is -0.192 e. The quantitative estimate of drug-likeness (QED) is 0.680. The van der Waals surface area contributed by atoms with Crippen molar-refractivity contribution in [2.75, 3.05) is 0 Å². The Bertz CT molecular complexity index is 303. The van der Waals surface area contributed by atoms with E-state index in [2.05, 4.69) is 22.0 Å². The Kier molecular flexibility index (Phi) is 2.92. The lowest BCUT2D eigenvalue weighted by atomic mass is 10.2. The lowest BCUT2D eigenvalue weighted by molar-refractivity contribution is 1.36. The van der Waals surface area contributed by atoms with Crippen LogP contribution in [0.4, 0.5) is 0 Å². The summed E-state index contributed by atoms with van der Waals surface area (Å²) in [6.45, 7) is 0. The van der Waals surface area contributed by atoms with Gasteiger partial charge in [0.05, 0.1) is 5.56 Å². The number of halogens is 2. The second-order valence-electron chi connectivity index (χ2n) is 2.06. The van der Waals surface area contributed by atoms with Crippen LogP contribution < -0.4 is 0 Å². The Morgan fingerprint density at radius 2 is 2.27 bits per heavy atom. The molecule has 0 radical (unpaired) electrons.